The van der Waals surface area contributed by atoms with Crippen molar-refractivity contribution in [3.8, 4) is 0 Å². The zero-order chi connectivity index (χ0) is 28.8. The van der Waals surface area contributed by atoms with Gasteiger partial charge in [0.1, 0.15) is 25.4 Å². The molecule has 2 unspecified atom stereocenters. The van der Waals surface area contributed by atoms with Crippen molar-refractivity contribution in [1.29, 1.82) is 0 Å². The van der Waals surface area contributed by atoms with Gasteiger partial charge in [0.25, 0.3) is 0 Å². The van der Waals surface area contributed by atoms with Gasteiger partial charge in [-0.1, -0.05) is 54.6 Å². The SMILES string of the molecule is Cn1c(=O)n(CC(O)COC(=O)c2ccccc2)c(=O)n(CC(O)COC(=O)c2cccc3ccccc23)c1=O. The highest BCUT2D eigenvalue weighted by atomic mass is 16.5. The Bertz CT molecular complexity index is 1700. The van der Waals surface area contributed by atoms with Crippen molar-refractivity contribution in [2.45, 2.75) is 25.3 Å². The zero-order valence-electron chi connectivity index (χ0n) is 21.5. The number of aliphatic hydroxyl groups is 2. The van der Waals surface area contributed by atoms with Crippen molar-refractivity contribution in [1.82, 2.24) is 13.7 Å². The number of esters is 2. The third kappa shape index (κ3) is 6.25. The summed E-state index contributed by atoms with van der Waals surface area (Å²) in [7, 11) is 1.13. The quantitative estimate of drug-likeness (QED) is 0.265. The number of rotatable bonds is 10. The highest BCUT2D eigenvalue weighted by Crippen LogP contribution is 2.19. The van der Waals surface area contributed by atoms with Crippen LogP contribution in [0.15, 0.2) is 87.2 Å². The number of benzene rings is 3. The summed E-state index contributed by atoms with van der Waals surface area (Å²) in [5, 5.41) is 22.3. The second-order valence-corrected chi connectivity index (χ2v) is 9.03. The van der Waals surface area contributed by atoms with E-state index in [9.17, 15) is 34.2 Å². The van der Waals surface area contributed by atoms with Gasteiger partial charge in [0.05, 0.1) is 24.2 Å². The monoisotopic (exact) mass is 549 g/mol. The van der Waals surface area contributed by atoms with Crippen LogP contribution >= 0.6 is 0 Å². The molecule has 12 heteroatoms. The van der Waals surface area contributed by atoms with Crippen LogP contribution in [-0.2, 0) is 29.6 Å². The van der Waals surface area contributed by atoms with Crippen LogP contribution in [0.25, 0.3) is 10.8 Å². The van der Waals surface area contributed by atoms with Gasteiger partial charge < -0.3 is 19.7 Å². The number of fused-ring (bicyclic) bond motifs is 1. The van der Waals surface area contributed by atoms with Crippen molar-refractivity contribution in [3.63, 3.8) is 0 Å². The lowest BCUT2D eigenvalue weighted by atomic mass is 10.1. The van der Waals surface area contributed by atoms with Crippen molar-refractivity contribution in [2.75, 3.05) is 13.2 Å². The van der Waals surface area contributed by atoms with E-state index in [0.29, 0.717) is 19.1 Å². The standard InChI is InChI=1S/C28H27N3O9/c1-29-26(36)30(14-20(32)16-39-24(34)19-9-3-2-4-10-19)28(38)31(27(29)37)15-21(33)17-40-25(35)23-13-7-11-18-8-5-6-12-22(18)23/h2-13,20-21,32-33H,14-17H2,1H3. The normalized spacial score (nSPS) is 12.6. The number of ether oxygens (including phenoxy) is 2. The molecule has 4 aromatic rings. The summed E-state index contributed by atoms with van der Waals surface area (Å²) in [5.41, 5.74) is -2.56. The minimum absolute atomic E-state index is 0.256. The molecule has 2 atom stereocenters. The van der Waals surface area contributed by atoms with Crippen molar-refractivity contribution in [2.24, 2.45) is 7.05 Å². The average molecular weight is 550 g/mol. The molecule has 40 heavy (non-hydrogen) atoms. The van der Waals surface area contributed by atoms with E-state index in [0.717, 1.165) is 12.4 Å². The van der Waals surface area contributed by atoms with Gasteiger partial charge >= 0.3 is 29.0 Å². The first-order valence-electron chi connectivity index (χ1n) is 12.3. The van der Waals surface area contributed by atoms with Gasteiger partial charge in [-0.05, 0) is 29.0 Å². The van der Waals surface area contributed by atoms with E-state index >= 15 is 0 Å². The summed E-state index contributed by atoms with van der Waals surface area (Å²) in [6.07, 6.45) is -2.91. The first-order chi connectivity index (χ1) is 19.2. The van der Waals surface area contributed by atoms with Gasteiger partial charge in [0.15, 0.2) is 0 Å². The third-order valence-electron chi connectivity index (χ3n) is 6.12. The predicted octanol–water partition coefficient (Wildman–Crippen LogP) is 0.298. The second-order valence-electron chi connectivity index (χ2n) is 9.03. The number of carbonyl (C=O) groups excluding carboxylic acids is 2. The summed E-state index contributed by atoms with van der Waals surface area (Å²) < 4.78 is 12.1. The molecule has 0 spiro atoms. The lowest BCUT2D eigenvalue weighted by Gasteiger charge is -2.17. The molecular formula is C28H27N3O9. The predicted molar refractivity (Wildman–Crippen MR) is 143 cm³/mol. The number of hydrogen-bond donors (Lipinski definition) is 2. The molecule has 1 heterocycles. The molecule has 0 fully saturated rings. The average Bonchev–Trinajstić information content (AvgIpc) is 2.98. The Morgan fingerprint density at radius 3 is 1.85 bits per heavy atom. The van der Waals surface area contributed by atoms with Crippen LogP contribution in [0.4, 0.5) is 0 Å². The second kappa shape index (κ2) is 12.4. The number of nitrogens with zero attached hydrogens (tertiary/aromatic N) is 3. The first-order valence-corrected chi connectivity index (χ1v) is 12.3. The topological polar surface area (TPSA) is 159 Å². The Balaban J connectivity index is 1.43. The molecule has 1 aromatic heterocycles. The molecule has 0 bridgehead atoms. The van der Waals surface area contributed by atoms with Gasteiger partial charge in [-0.25, -0.2) is 37.7 Å². The van der Waals surface area contributed by atoms with Gasteiger partial charge in [-0.15, -0.1) is 0 Å². The van der Waals surface area contributed by atoms with Gasteiger partial charge in [0, 0.05) is 7.05 Å². The maximum absolute atomic E-state index is 13.0. The van der Waals surface area contributed by atoms with Crippen LogP contribution in [0, 0.1) is 0 Å². The van der Waals surface area contributed by atoms with E-state index in [-0.39, 0.29) is 11.1 Å². The van der Waals surface area contributed by atoms with Crippen LogP contribution in [0.2, 0.25) is 0 Å². The van der Waals surface area contributed by atoms with Crippen molar-refractivity contribution < 1.29 is 29.3 Å². The van der Waals surface area contributed by atoms with Gasteiger partial charge in [-0.3, -0.25) is 0 Å². The summed E-state index contributed by atoms with van der Waals surface area (Å²) in [6.45, 7) is -2.22. The lowest BCUT2D eigenvalue weighted by molar-refractivity contribution is 0.0190. The van der Waals surface area contributed by atoms with E-state index in [2.05, 4.69) is 0 Å². The Hall–Kier alpha value is -4.81. The molecule has 12 nitrogen and oxygen atoms in total. The molecule has 0 saturated carbocycles. The maximum Gasteiger partial charge on any atom is 0.338 e. The van der Waals surface area contributed by atoms with E-state index in [1.165, 1.54) is 12.1 Å². The largest absolute Gasteiger partial charge is 0.459 e. The molecule has 0 aliphatic heterocycles. The van der Waals surface area contributed by atoms with E-state index in [1.807, 2.05) is 18.2 Å². The van der Waals surface area contributed by atoms with Crippen molar-refractivity contribution in [3.05, 3.63) is 115 Å². The van der Waals surface area contributed by atoms with Gasteiger partial charge in [-0.2, -0.15) is 0 Å². The first kappa shape index (κ1) is 28.2. The highest BCUT2D eigenvalue weighted by molar-refractivity contribution is 6.04. The number of aromatic nitrogens is 3. The fourth-order valence-corrected chi connectivity index (χ4v) is 4.08. The summed E-state index contributed by atoms with van der Waals surface area (Å²) in [5.74, 6) is -1.40. The highest BCUT2D eigenvalue weighted by Gasteiger charge is 2.21. The number of carbonyl (C=O) groups is 2. The Morgan fingerprint density at radius 2 is 1.23 bits per heavy atom. The third-order valence-corrected chi connectivity index (χ3v) is 6.12. The van der Waals surface area contributed by atoms with Crippen LogP contribution in [-0.4, -0.2) is 61.3 Å². The molecule has 208 valence electrons. The molecule has 0 amide bonds. The van der Waals surface area contributed by atoms with E-state index in [1.54, 1.807) is 42.5 Å². The Labute approximate surface area is 226 Å². The Kier molecular flexibility index (Phi) is 8.72. The molecular weight excluding hydrogens is 522 g/mol. The van der Waals surface area contributed by atoms with Crippen LogP contribution in [0.3, 0.4) is 0 Å². The van der Waals surface area contributed by atoms with Crippen LogP contribution < -0.4 is 17.1 Å². The van der Waals surface area contributed by atoms with E-state index in [4.69, 9.17) is 9.47 Å². The minimum Gasteiger partial charge on any atom is -0.459 e. The summed E-state index contributed by atoms with van der Waals surface area (Å²) >= 11 is 0. The smallest absolute Gasteiger partial charge is 0.338 e. The molecule has 0 aliphatic rings. The van der Waals surface area contributed by atoms with Gasteiger partial charge in [0.2, 0.25) is 0 Å². The van der Waals surface area contributed by atoms with Crippen LogP contribution in [0.5, 0.6) is 0 Å². The molecule has 0 aliphatic carbocycles. The number of hydrogen-bond acceptors (Lipinski definition) is 9. The summed E-state index contributed by atoms with van der Waals surface area (Å²) in [6, 6.07) is 20.3. The minimum atomic E-state index is -1.47. The summed E-state index contributed by atoms with van der Waals surface area (Å²) in [4.78, 5) is 62.9. The Morgan fingerprint density at radius 1 is 0.700 bits per heavy atom. The maximum atomic E-state index is 13.0. The fourth-order valence-electron chi connectivity index (χ4n) is 4.08. The van der Waals surface area contributed by atoms with E-state index < -0.39 is 67.5 Å². The number of aliphatic hydroxyl groups excluding tert-OH is 2. The molecule has 2 N–H and O–H groups in total. The lowest BCUT2D eigenvalue weighted by Crippen LogP contribution is -2.56. The van der Waals surface area contributed by atoms with Crippen LogP contribution in [0.1, 0.15) is 20.7 Å². The molecule has 4 rings (SSSR count). The molecule has 0 saturated heterocycles. The fraction of sp³-hybridized carbons (Fsp3) is 0.250. The zero-order valence-corrected chi connectivity index (χ0v) is 21.5. The molecule has 0 radical (unpaired) electrons. The molecule has 3 aromatic carbocycles. The van der Waals surface area contributed by atoms with Crippen molar-refractivity contribution >= 4 is 22.7 Å².